The van der Waals surface area contributed by atoms with E-state index in [-0.39, 0.29) is 0 Å². The van der Waals surface area contributed by atoms with E-state index in [2.05, 4.69) is 29.9 Å². The topological polar surface area (TPSA) is 29.9 Å². The molecule has 1 heterocycles. The van der Waals surface area contributed by atoms with Gasteiger partial charge < -0.3 is 9.88 Å². The van der Waals surface area contributed by atoms with Crippen LogP contribution in [0.2, 0.25) is 0 Å². The minimum atomic E-state index is 0.639. The van der Waals surface area contributed by atoms with Crippen LogP contribution in [-0.2, 0) is 0 Å². The van der Waals surface area contributed by atoms with Crippen LogP contribution in [0, 0.1) is 12.8 Å². The molecule has 0 unspecified atom stereocenters. The molecular weight excluding hydrogens is 246 g/mol. The molecular formula is C17H29N3. The van der Waals surface area contributed by atoms with Gasteiger partial charge in [-0.2, -0.15) is 0 Å². The number of hydrogen-bond donors (Lipinski definition) is 1. The zero-order chi connectivity index (χ0) is 13.9. The maximum absolute atomic E-state index is 4.74. The lowest BCUT2D eigenvalue weighted by Gasteiger charge is -2.29. The molecule has 2 aliphatic rings. The summed E-state index contributed by atoms with van der Waals surface area (Å²) >= 11 is 0. The summed E-state index contributed by atoms with van der Waals surface area (Å²) < 4.78 is 2.42. The second-order valence-electron chi connectivity index (χ2n) is 6.82. The van der Waals surface area contributed by atoms with Crippen LogP contribution >= 0.6 is 0 Å². The van der Waals surface area contributed by atoms with Crippen LogP contribution in [0.1, 0.15) is 76.4 Å². The van der Waals surface area contributed by atoms with Crippen molar-refractivity contribution in [2.45, 2.75) is 83.7 Å². The Morgan fingerprint density at radius 2 is 1.85 bits per heavy atom. The molecule has 0 spiro atoms. The van der Waals surface area contributed by atoms with Crippen molar-refractivity contribution in [2.75, 3.05) is 5.32 Å². The van der Waals surface area contributed by atoms with E-state index in [1.165, 1.54) is 57.8 Å². The van der Waals surface area contributed by atoms with E-state index in [0.717, 1.165) is 17.6 Å². The average Bonchev–Trinajstić information content (AvgIpc) is 3.09. The van der Waals surface area contributed by atoms with Crippen LogP contribution in [0.3, 0.4) is 0 Å². The maximum Gasteiger partial charge on any atom is 0.203 e. The van der Waals surface area contributed by atoms with Crippen molar-refractivity contribution >= 4 is 5.95 Å². The predicted octanol–water partition coefficient (Wildman–Crippen LogP) is 4.69. The van der Waals surface area contributed by atoms with Gasteiger partial charge in [-0.15, -0.1) is 0 Å². The first-order valence-corrected chi connectivity index (χ1v) is 8.58. The van der Waals surface area contributed by atoms with Gasteiger partial charge in [-0.05, 0) is 51.4 Å². The van der Waals surface area contributed by atoms with Gasteiger partial charge >= 0.3 is 0 Å². The molecule has 3 nitrogen and oxygen atoms in total. The molecule has 0 bridgehead atoms. The monoisotopic (exact) mass is 275 g/mol. The first-order valence-electron chi connectivity index (χ1n) is 8.58. The van der Waals surface area contributed by atoms with Gasteiger partial charge in [0.15, 0.2) is 0 Å². The summed E-state index contributed by atoms with van der Waals surface area (Å²) in [4.78, 5) is 4.74. The van der Waals surface area contributed by atoms with E-state index < -0.39 is 0 Å². The molecule has 20 heavy (non-hydrogen) atoms. The summed E-state index contributed by atoms with van der Waals surface area (Å²) in [6.45, 7) is 4.44. The van der Waals surface area contributed by atoms with Gasteiger partial charge in [0.25, 0.3) is 0 Å². The summed E-state index contributed by atoms with van der Waals surface area (Å²) in [5, 5.41) is 3.74. The van der Waals surface area contributed by atoms with Crippen molar-refractivity contribution < 1.29 is 0 Å². The third kappa shape index (κ3) is 3.02. The zero-order valence-electron chi connectivity index (χ0n) is 13.1. The van der Waals surface area contributed by atoms with Gasteiger partial charge in [0, 0.05) is 18.3 Å². The number of rotatable bonds is 4. The molecule has 112 valence electrons. The van der Waals surface area contributed by atoms with Crippen LogP contribution in [0.4, 0.5) is 5.95 Å². The maximum atomic E-state index is 4.74. The molecule has 2 aliphatic carbocycles. The Morgan fingerprint density at radius 1 is 1.15 bits per heavy atom. The van der Waals surface area contributed by atoms with Crippen LogP contribution in [0.15, 0.2) is 6.20 Å². The smallest absolute Gasteiger partial charge is 0.203 e. The highest BCUT2D eigenvalue weighted by Crippen LogP contribution is 2.33. The molecule has 2 fully saturated rings. The molecule has 2 saturated carbocycles. The first kappa shape index (κ1) is 14.0. The summed E-state index contributed by atoms with van der Waals surface area (Å²) in [6.07, 6.45) is 14.4. The molecule has 0 aliphatic heterocycles. The van der Waals surface area contributed by atoms with Crippen LogP contribution in [0.25, 0.3) is 0 Å². The minimum Gasteiger partial charge on any atom is -0.353 e. The van der Waals surface area contributed by atoms with Gasteiger partial charge in [0.1, 0.15) is 0 Å². The number of nitrogens with zero attached hydrogens (tertiary/aromatic N) is 2. The van der Waals surface area contributed by atoms with Crippen molar-refractivity contribution in [3.05, 3.63) is 11.9 Å². The van der Waals surface area contributed by atoms with Gasteiger partial charge in [0.2, 0.25) is 5.95 Å². The first-order chi connectivity index (χ1) is 9.76. The molecule has 0 radical (unpaired) electrons. The molecule has 1 aromatic heterocycles. The normalized spacial score (nSPS) is 27.9. The highest BCUT2D eigenvalue weighted by Gasteiger charge is 2.24. The molecule has 3 heteroatoms. The van der Waals surface area contributed by atoms with Gasteiger partial charge in [-0.3, -0.25) is 0 Å². The van der Waals surface area contributed by atoms with Crippen LogP contribution < -0.4 is 5.32 Å². The Morgan fingerprint density at radius 3 is 2.50 bits per heavy atom. The van der Waals surface area contributed by atoms with Gasteiger partial charge in [0.05, 0.1) is 5.69 Å². The fourth-order valence-corrected chi connectivity index (χ4v) is 3.98. The van der Waals surface area contributed by atoms with Crippen molar-refractivity contribution in [3.63, 3.8) is 0 Å². The summed E-state index contributed by atoms with van der Waals surface area (Å²) in [5.41, 5.74) is 1.15. The fraction of sp³-hybridized carbons (Fsp3) is 0.824. The number of aromatic nitrogens is 2. The Labute approximate surface area is 123 Å². The summed E-state index contributed by atoms with van der Waals surface area (Å²) in [6, 6.07) is 1.32. The molecule has 0 atom stereocenters. The third-order valence-corrected chi connectivity index (χ3v) is 5.33. The van der Waals surface area contributed by atoms with E-state index in [9.17, 15) is 0 Å². The number of nitrogens with one attached hydrogen (secondary N) is 1. The van der Waals surface area contributed by atoms with Gasteiger partial charge in [-0.25, -0.2) is 4.98 Å². The van der Waals surface area contributed by atoms with E-state index in [1.807, 2.05) is 0 Å². The van der Waals surface area contributed by atoms with E-state index in [0.29, 0.717) is 12.1 Å². The third-order valence-electron chi connectivity index (χ3n) is 5.33. The standard InChI is InChI=1S/C17H29N3/c1-3-14-8-10-15(11-9-14)19-17-18-13(2)12-20(17)16-6-4-5-7-16/h12,14-16H,3-11H2,1-2H3,(H,18,19). The summed E-state index contributed by atoms with van der Waals surface area (Å²) in [5.74, 6) is 2.10. The van der Waals surface area contributed by atoms with Crippen molar-refractivity contribution in [2.24, 2.45) is 5.92 Å². The van der Waals surface area contributed by atoms with E-state index >= 15 is 0 Å². The Balaban J connectivity index is 1.65. The molecule has 0 aromatic carbocycles. The van der Waals surface area contributed by atoms with E-state index in [1.54, 1.807) is 0 Å². The molecule has 3 rings (SSSR count). The van der Waals surface area contributed by atoms with Crippen LogP contribution in [0.5, 0.6) is 0 Å². The number of aryl methyl sites for hydroxylation is 1. The summed E-state index contributed by atoms with van der Waals surface area (Å²) in [7, 11) is 0. The highest BCUT2D eigenvalue weighted by molar-refractivity contribution is 5.31. The van der Waals surface area contributed by atoms with Crippen LogP contribution in [-0.4, -0.2) is 15.6 Å². The van der Waals surface area contributed by atoms with Crippen molar-refractivity contribution in [3.8, 4) is 0 Å². The lowest BCUT2D eigenvalue weighted by Crippen LogP contribution is -2.27. The average molecular weight is 275 g/mol. The SMILES string of the molecule is CCC1CCC(Nc2nc(C)cn2C2CCCC2)CC1. The van der Waals surface area contributed by atoms with E-state index in [4.69, 9.17) is 4.98 Å². The highest BCUT2D eigenvalue weighted by atomic mass is 15.2. The van der Waals surface area contributed by atoms with Gasteiger partial charge in [-0.1, -0.05) is 26.2 Å². The lowest BCUT2D eigenvalue weighted by molar-refractivity contribution is 0.328. The quantitative estimate of drug-likeness (QED) is 0.864. The minimum absolute atomic E-state index is 0.639. The Kier molecular flexibility index (Phi) is 4.32. The molecule has 0 saturated heterocycles. The Bertz CT molecular complexity index is 423. The molecule has 0 amide bonds. The second kappa shape index (κ2) is 6.19. The number of hydrogen-bond acceptors (Lipinski definition) is 2. The molecule has 1 aromatic rings. The van der Waals surface area contributed by atoms with Crippen molar-refractivity contribution in [1.82, 2.24) is 9.55 Å². The largest absolute Gasteiger partial charge is 0.353 e. The zero-order valence-corrected chi connectivity index (χ0v) is 13.1. The van der Waals surface area contributed by atoms with Crippen molar-refractivity contribution in [1.29, 1.82) is 0 Å². The number of imidazole rings is 1. The fourth-order valence-electron chi connectivity index (χ4n) is 3.98. The second-order valence-corrected chi connectivity index (χ2v) is 6.82. The predicted molar refractivity (Wildman–Crippen MR) is 84.1 cm³/mol. The lowest BCUT2D eigenvalue weighted by atomic mass is 9.85. The number of anilines is 1. The Hall–Kier alpha value is -0.990. The molecule has 1 N–H and O–H groups in total.